The Balaban J connectivity index is 2.11. The zero-order valence-corrected chi connectivity index (χ0v) is 14.0. The van der Waals surface area contributed by atoms with Gasteiger partial charge in [0.05, 0.1) is 22.4 Å². The zero-order valence-electron chi connectivity index (χ0n) is 13.3. The summed E-state index contributed by atoms with van der Waals surface area (Å²) in [6.45, 7) is 4.26. The Hall–Kier alpha value is -1.91. The minimum atomic E-state index is -0.559. The van der Waals surface area contributed by atoms with Gasteiger partial charge in [-0.1, -0.05) is 37.6 Å². The van der Waals surface area contributed by atoms with E-state index in [4.69, 9.17) is 11.6 Å². The van der Waals surface area contributed by atoms with Crippen molar-refractivity contribution in [2.75, 3.05) is 6.54 Å². The lowest BCUT2D eigenvalue weighted by atomic mass is 10.1. The Bertz CT molecular complexity index is 659. The van der Waals surface area contributed by atoms with E-state index in [9.17, 15) is 9.90 Å². The van der Waals surface area contributed by atoms with Crippen molar-refractivity contribution in [2.45, 2.75) is 26.4 Å². The molecule has 122 valence electrons. The number of carbonyl (C=O) groups is 1. The fourth-order valence-electron chi connectivity index (χ4n) is 2.33. The maximum atomic E-state index is 12.3. The Labute approximate surface area is 141 Å². The van der Waals surface area contributed by atoms with E-state index in [0.29, 0.717) is 22.9 Å². The molecular formula is C18H21ClN2O2. The minimum absolute atomic E-state index is 0.209. The molecule has 23 heavy (non-hydrogen) atoms. The molecule has 1 aromatic heterocycles. The van der Waals surface area contributed by atoms with Crippen molar-refractivity contribution in [3.8, 4) is 11.3 Å². The molecule has 0 saturated carbocycles. The molecule has 0 aliphatic rings. The van der Waals surface area contributed by atoms with Gasteiger partial charge in [0.2, 0.25) is 0 Å². The van der Waals surface area contributed by atoms with Crippen LogP contribution in [0.4, 0.5) is 0 Å². The first kappa shape index (κ1) is 17.4. The van der Waals surface area contributed by atoms with Gasteiger partial charge in [0.1, 0.15) is 0 Å². The number of halogens is 1. The fraction of sp³-hybridized carbons (Fsp3) is 0.333. The van der Waals surface area contributed by atoms with Gasteiger partial charge in [0.25, 0.3) is 5.91 Å². The third-order valence-corrected chi connectivity index (χ3v) is 3.74. The van der Waals surface area contributed by atoms with E-state index in [2.05, 4.69) is 10.3 Å². The average Bonchev–Trinajstić information content (AvgIpc) is 2.53. The van der Waals surface area contributed by atoms with Crippen LogP contribution in [0.25, 0.3) is 11.3 Å². The molecule has 2 aromatic rings. The highest BCUT2D eigenvalue weighted by molar-refractivity contribution is 6.34. The van der Waals surface area contributed by atoms with Crippen molar-refractivity contribution in [1.29, 1.82) is 0 Å². The van der Waals surface area contributed by atoms with Crippen LogP contribution in [0.1, 0.15) is 30.6 Å². The maximum absolute atomic E-state index is 12.3. The smallest absolute Gasteiger partial charge is 0.252 e. The van der Waals surface area contributed by atoms with E-state index in [1.807, 2.05) is 38.1 Å². The van der Waals surface area contributed by atoms with Crippen LogP contribution in [-0.4, -0.2) is 28.6 Å². The summed E-state index contributed by atoms with van der Waals surface area (Å²) in [5.41, 5.74) is 1.98. The SMILES string of the molecule is CC(C)CC(O)CNC(=O)c1cc(-c2ccccn2)ccc1Cl. The van der Waals surface area contributed by atoms with Gasteiger partial charge in [0.15, 0.2) is 0 Å². The number of rotatable bonds is 6. The Morgan fingerprint density at radius 2 is 2.09 bits per heavy atom. The molecule has 0 radical (unpaired) electrons. The lowest BCUT2D eigenvalue weighted by Crippen LogP contribution is -2.33. The van der Waals surface area contributed by atoms with E-state index < -0.39 is 6.10 Å². The summed E-state index contributed by atoms with van der Waals surface area (Å²) < 4.78 is 0. The maximum Gasteiger partial charge on any atom is 0.252 e. The molecule has 2 N–H and O–H groups in total. The average molecular weight is 333 g/mol. The van der Waals surface area contributed by atoms with E-state index in [0.717, 1.165) is 11.3 Å². The quantitative estimate of drug-likeness (QED) is 0.850. The first-order valence-electron chi connectivity index (χ1n) is 7.64. The van der Waals surface area contributed by atoms with Crippen LogP contribution in [0.5, 0.6) is 0 Å². The van der Waals surface area contributed by atoms with Gasteiger partial charge < -0.3 is 10.4 Å². The number of hydrogen-bond donors (Lipinski definition) is 2. The first-order chi connectivity index (χ1) is 11.0. The number of pyridine rings is 1. The normalized spacial score (nSPS) is 12.2. The number of hydrogen-bond acceptors (Lipinski definition) is 3. The molecule has 0 saturated heterocycles. The Kier molecular flexibility index (Phi) is 6.13. The monoisotopic (exact) mass is 332 g/mol. The van der Waals surface area contributed by atoms with E-state index in [1.54, 1.807) is 18.3 Å². The number of aromatic nitrogens is 1. The fourth-order valence-corrected chi connectivity index (χ4v) is 2.53. The van der Waals surface area contributed by atoms with Crippen LogP contribution in [0, 0.1) is 5.92 Å². The molecule has 1 heterocycles. The number of amides is 1. The molecule has 0 fully saturated rings. The number of nitrogens with zero attached hydrogens (tertiary/aromatic N) is 1. The second kappa shape index (κ2) is 8.09. The molecule has 0 bridgehead atoms. The van der Waals surface area contributed by atoms with E-state index in [-0.39, 0.29) is 12.5 Å². The molecule has 1 atom stereocenters. The summed E-state index contributed by atoms with van der Waals surface area (Å²) in [6, 6.07) is 10.8. The second-order valence-electron chi connectivity index (χ2n) is 5.90. The summed E-state index contributed by atoms with van der Waals surface area (Å²) in [5, 5.41) is 13.0. The molecule has 2 rings (SSSR count). The highest BCUT2D eigenvalue weighted by Gasteiger charge is 2.14. The predicted octanol–water partition coefficient (Wildman–Crippen LogP) is 3.54. The lowest BCUT2D eigenvalue weighted by molar-refractivity contribution is 0.0900. The summed E-state index contributed by atoms with van der Waals surface area (Å²) in [4.78, 5) is 16.6. The van der Waals surface area contributed by atoms with Gasteiger partial charge in [0, 0.05) is 18.3 Å². The van der Waals surface area contributed by atoms with Gasteiger partial charge in [-0.2, -0.15) is 0 Å². The van der Waals surface area contributed by atoms with Crippen molar-refractivity contribution in [1.82, 2.24) is 10.3 Å². The van der Waals surface area contributed by atoms with Crippen LogP contribution in [-0.2, 0) is 0 Å². The summed E-state index contributed by atoms with van der Waals surface area (Å²) in [5.74, 6) is 0.0774. The third-order valence-electron chi connectivity index (χ3n) is 3.41. The summed E-state index contributed by atoms with van der Waals surface area (Å²) in [7, 11) is 0. The van der Waals surface area contributed by atoms with Gasteiger partial charge in [-0.3, -0.25) is 9.78 Å². The number of carbonyl (C=O) groups excluding carboxylic acids is 1. The molecule has 0 aliphatic heterocycles. The van der Waals surface area contributed by atoms with Crippen molar-refractivity contribution >= 4 is 17.5 Å². The number of aliphatic hydroxyl groups excluding tert-OH is 1. The van der Waals surface area contributed by atoms with Gasteiger partial charge in [-0.05, 0) is 36.6 Å². The van der Waals surface area contributed by atoms with Crippen LogP contribution >= 0.6 is 11.6 Å². The zero-order chi connectivity index (χ0) is 16.8. The number of nitrogens with one attached hydrogen (secondary N) is 1. The van der Waals surface area contributed by atoms with Crippen molar-refractivity contribution < 1.29 is 9.90 Å². The molecule has 0 spiro atoms. The minimum Gasteiger partial charge on any atom is -0.391 e. The largest absolute Gasteiger partial charge is 0.391 e. The van der Waals surface area contributed by atoms with Crippen LogP contribution in [0.3, 0.4) is 0 Å². The molecule has 1 amide bonds. The van der Waals surface area contributed by atoms with Gasteiger partial charge >= 0.3 is 0 Å². The van der Waals surface area contributed by atoms with Gasteiger partial charge in [-0.15, -0.1) is 0 Å². The van der Waals surface area contributed by atoms with E-state index in [1.165, 1.54) is 0 Å². The van der Waals surface area contributed by atoms with Crippen LogP contribution < -0.4 is 5.32 Å². The first-order valence-corrected chi connectivity index (χ1v) is 8.02. The van der Waals surface area contributed by atoms with E-state index >= 15 is 0 Å². The Morgan fingerprint density at radius 3 is 2.74 bits per heavy atom. The van der Waals surface area contributed by atoms with Crippen LogP contribution in [0.15, 0.2) is 42.6 Å². The summed E-state index contributed by atoms with van der Waals surface area (Å²) in [6.07, 6.45) is 1.78. The van der Waals surface area contributed by atoms with Crippen molar-refractivity contribution in [2.24, 2.45) is 5.92 Å². The lowest BCUT2D eigenvalue weighted by Gasteiger charge is -2.14. The third kappa shape index (κ3) is 5.05. The number of benzene rings is 1. The molecular weight excluding hydrogens is 312 g/mol. The standard InChI is InChI=1S/C18H21ClN2O2/c1-12(2)9-14(22)11-21-18(23)15-10-13(6-7-16(15)19)17-5-3-4-8-20-17/h3-8,10,12,14,22H,9,11H2,1-2H3,(H,21,23). The summed E-state index contributed by atoms with van der Waals surface area (Å²) >= 11 is 6.13. The highest BCUT2D eigenvalue weighted by Crippen LogP contribution is 2.23. The molecule has 1 unspecified atom stereocenters. The number of aliphatic hydroxyl groups is 1. The highest BCUT2D eigenvalue weighted by atomic mass is 35.5. The van der Waals surface area contributed by atoms with Crippen molar-refractivity contribution in [3.63, 3.8) is 0 Å². The molecule has 1 aromatic carbocycles. The molecule has 5 heteroatoms. The molecule has 4 nitrogen and oxygen atoms in total. The van der Waals surface area contributed by atoms with Gasteiger partial charge in [-0.25, -0.2) is 0 Å². The van der Waals surface area contributed by atoms with Crippen molar-refractivity contribution in [3.05, 3.63) is 53.2 Å². The van der Waals surface area contributed by atoms with Crippen LogP contribution in [0.2, 0.25) is 5.02 Å². The topological polar surface area (TPSA) is 62.2 Å². The predicted molar refractivity (Wildman–Crippen MR) is 92.5 cm³/mol. The Morgan fingerprint density at radius 1 is 1.30 bits per heavy atom. The molecule has 0 aliphatic carbocycles. The second-order valence-corrected chi connectivity index (χ2v) is 6.31.